The predicted octanol–water partition coefficient (Wildman–Crippen LogP) is 1.63. The zero-order valence-corrected chi connectivity index (χ0v) is 12.6. The fourth-order valence-electron chi connectivity index (χ4n) is 2.23. The van der Waals surface area contributed by atoms with Crippen LogP contribution in [0.4, 0.5) is 0 Å². The Hall–Kier alpha value is -1.13. The van der Waals surface area contributed by atoms with Gasteiger partial charge in [-0.2, -0.15) is 5.26 Å². The van der Waals surface area contributed by atoms with Crippen LogP contribution in [0.3, 0.4) is 0 Å². The first-order valence-electron chi connectivity index (χ1n) is 6.39. The van der Waals surface area contributed by atoms with E-state index in [1.54, 1.807) is 0 Å². The van der Waals surface area contributed by atoms with Gasteiger partial charge in [-0.05, 0) is 44.5 Å². The number of halogens is 1. The fraction of sp³-hybridized carbons (Fsp3) is 0.462. The molecule has 1 aliphatic rings. The topological polar surface area (TPSA) is 82.0 Å². The largest absolute Gasteiger partial charge is 0.313 e. The van der Waals surface area contributed by atoms with Crippen molar-refractivity contribution < 1.29 is 8.42 Å². The second-order valence-electron chi connectivity index (χ2n) is 4.87. The van der Waals surface area contributed by atoms with Gasteiger partial charge in [0.25, 0.3) is 0 Å². The van der Waals surface area contributed by atoms with E-state index in [0.717, 1.165) is 19.4 Å². The van der Waals surface area contributed by atoms with Gasteiger partial charge in [-0.15, -0.1) is 0 Å². The summed E-state index contributed by atoms with van der Waals surface area (Å²) in [5.74, 6) is 0. The lowest BCUT2D eigenvalue weighted by Gasteiger charge is -2.30. The minimum Gasteiger partial charge on any atom is -0.313 e. The van der Waals surface area contributed by atoms with E-state index in [-0.39, 0.29) is 27.6 Å². The maximum atomic E-state index is 12.3. The van der Waals surface area contributed by atoms with Gasteiger partial charge < -0.3 is 5.32 Å². The molecule has 2 unspecified atom stereocenters. The number of nitrogens with one attached hydrogen (secondary N) is 2. The third-order valence-corrected chi connectivity index (χ3v) is 5.25. The van der Waals surface area contributed by atoms with Crippen LogP contribution in [0.1, 0.15) is 25.3 Å². The van der Waals surface area contributed by atoms with Crippen LogP contribution in [0.25, 0.3) is 0 Å². The molecule has 0 aromatic heterocycles. The third-order valence-electron chi connectivity index (χ3n) is 3.44. The van der Waals surface area contributed by atoms with Crippen molar-refractivity contribution in [3.8, 4) is 6.07 Å². The van der Waals surface area contributed by atoms with Gasteiger partial charge in [0.2, 0.25) is 10.0 Å². The van der Waals surface area contributed by atoms with Crippen LogP contribution in [0.5, 0.6) is 0 Å². The summed E-state index contributed by atoms with van der Waals surface area (Å²) in [6, 6.07) is 5.96. The summed E-state index contributed by atoms with van der Waals surface area (Å²) in [5.41, 5.74) is 0.157. The number of hydrogen-bond acceptors (Lipinski definition) is 4. The number of benzene rings is 1. The summed E-state index contributed by atoms with van der Waals surface area (Å²) < 4.78 is 27.4. The van der Waals surface area contributed by atoms with Crippen molar-refractivity contribution in [2.24, 2.45) is 0 Å². The molecule has 1 heterocycles. The van der Waals surface area contributed by atoms with Crippen LogP contribution in [0.15, 0.2) is 23.1 Å². The highest BCUT2D eigenvalue weighted by molar-refractivity contribution is 7.89. The van der Waals surface area contributed by atoms with Gasteiger partial charge in [0.1, 0.15) is 6.07 Å². The first-order valence-corrected chi connectivity index (χ1v) is 8.25. The normalized spacial score (nSPS) is 23.2. The summed E-state index contributed by atoms with van der Waals surface area (Å²) in [6.45, 7) is 2.85. The molecule has 1 saturated heterocycles. The number of piperidine rings is 1. The molecule has 1 aromatic rings. The van der Waals surface area contributed by atoms with Gasteiger partial charge in [0.15, 0.2) is 0 Å². The molecule has 2 atom stereocenters. The van der Waals surface area contributed by atoms with Gasteiger partial charge in [-0.25, -0.2) is 13.1 Å². The van der Waals surface area contributed by atoms with Crippen LogP contribution in [0, 0.1) is 11.3 Å². The molecule has 1 aromatic carbocycles. The lowest BCUT2D eigenvalue weighted by atomic mass is 10.0. The summed E-state index contributed by atoms with van der Waals surface area (Å²) in [4.78, 5) is 0.0659. The SMILES string of the molecule is CC1NCCCC1NS(=O)(=O)c1ccc(Cl)c(C#N)c1. The first-order chi connectivity index (χ1) is 9.44. The van der Waals surface area contributed by atoms with Crippen LogP contribution in [-0.2, 0) is 10.0 Å². The van der Waals surface area contributed by atoms with Crippen LogP contribution in [-0.4, -0.2) is 27.0 Å². The molecule has 1 fully saturated rings. The minimum atomic E-state index is -3.64. The van der Waals surface area contributed by atoms with Crippen molar-refractivity contribution in [1.82, 2.24) is 10.0 Å². The van der Waals surface area contributed by atoms with Crippen molar-refractivity contribution in [1.29, 1.82) is 5.26 Å². The molecule has 5 nitrogen and oxygen atoms in total. The van der Waals surface area contributed by atoms with E-state index >= 15 is 0 Å². The maximum Gasteiger partial charge on any atom is 0.240 e. The molecular formula is C13H16ClN3O2S. The maximum absolute atomic E-state index is 12.3. The first kappa shape index (κ1) is 15.3. The van der Waals surface area contributed by atoms with E-state index in [1.165, 1.54) is 18.2 Å². The molecule has 0 aliphatic carbocycles. The number of hydrogen-bond donors (Lipinski definition) is 2. The molecule has 1 aliphatic heterocycles. The van der Waals surface area contributed by atoms with Crippen LogP contribution < -0.4 is 10.0 Å². The second-order valence-corrected chi connectivity index (χ2v) is 6.99. The Morgan fingerprint density at radius 1 is 1.50 bits per heavy atom. The summed E-state index contributed by atoms with van der Waals surface area (Å²) >= 11 is 5.81. The van der Waals surface area contributed by atoms with Gasteiger partial charge in [-0.3, -0.25) is 0 Å². The quantitative estimate of drug-likeness (QED) is 0.888. The monoisotopic (exact) mass is 313 g/mol. The van der Waals surface area contributed by atoms with E-state index < -0.39 is 10.0 Å². The van der Waals surface area contributed by atoms with Crippen LogP contribution in [0.2, 0.25) is 5.02 Å². The highest BCUT2D eigenvalue weighted by atomic mass is 35.5. The number of nitrogens with zero attached hydrogens (tertiary/aromatic N) is 1. The number of sulfonamides is 1. The molecule has 0 saturated carbocycles. The Bertz CT molecular complexity index is 640. The average Bonchev–Trinajstić information content (AvgIpc) is 2.41. The molecule has 7 heteroatoms. The highest BCUT2D eigenvalue weighted by Gasteiger charge is 2.26. The van der Waals surface area contributed by atoms with Crippen molar-refractivity contribution in [2.45, 2.75) is 36.7 Å². The Balaban J connectivity index is 2.24. The molecule has 0 amide bonds. The van der Waals surface area contributed by atoms with Gasteiger partial charge in [0.05, 0.1) is 15.5 Å². The van der Waals surface area contributed by atoms with Gasteiger partial charge >= 0.3 is 0 Å². The van der Waals surface area contributed by atoms with E-state index in [9.17, 15) is 8.42 Å². The second kappa shape index (κ2) is 6.10. The Labute approximate surface area is 124 Å². The Morgan fingerprint density at radius 2 is 2.25 bits per heavy atom. The van der Waals surface area contributed by atoms with Gasteiger partial charge in [0, 0.05) is 12.1 Å². The average molecular weight is 314 g/mol. The zero-order valence-electron chi connectivity index (χ0n) is 11.1. The summed E-state index contributed by atoms with van der Waals surface area (Å²) in [7, 11) is -3.64. The molecule has 108 valence electrons. The lowest BCUT2D eigenvalue weighted by Crippen LogP contribution is -2.51. The van der Waals surface area contributed by atoms with Crippen molar-refractivity contribution >= 4 is 21.6 Å². The molecule has 0 spiro atoms. The molecule has 0 bridgehead atoms. The van der Waals surface area contributed by atoms with E-state index in [1.807, 2.05) is 13.0 Å². The summed E-state index contributed by atoms with van der Waals surface area (Å²) in [6.07, 6.45) is 1.73. The smallest absolute Gasteiger partial charge is 0.240 e. The molecule has 0 radical (unpaired) electrons. The molecule has 20 heavy (non-hydrogen) atoms. The number of nitriles is 1. The molecule has 2 rings (SSSR count). The zero-order chi connectivity index (χ0) is 14.8. The Kier molecular flexibility index (Phi) is 4.66. The molecular weight excluding hydrogens is 298 g/mol. The fourth-order valence-corrected chi connectivity index (χ4v) is 3.77. The van der Waals surface area contributed by atoms with Crippen molar-refractivity contribution in [3.05, 3.63) is 28.8 Å². The predicted molar refractivity (Wildman–Crippen MR) is 77.0 cm³/mol. The lowest BCUT2D eigenvalue weighted by molar-refractivity contribution is 0.349. The standard InChI is InChI=1S/C13H16ClN3O2S/c1-9-13(3-2-6-16-9)17-20(18,19)11-4-5-12(14)10(7-11)8-15/h4-5,7,9,13,16-17H,2-3,6H2,1H3. The van der Waals surface area contributed by atoms with Gasteiger partial charge in [-0.1, -0.05) is 11.6 Å². The third kappa shape index (κ3) is 3.30. The van der Waals surface area contributed by atoms with Crippen molar-refractivity contribution in [3.63, 3.8) is 0 Å². The minimum absolute atomic E-state index is 0.0659. The van der Waals surface area contributed by atoms with E-state index in [4.69, 9.17) is 16.9 Å². The molecule has 2 N–H and O–H groups in total. The number of rotatable bonds is 3. The van der Waals surface area contributed by atoms with E-state index in [0.29, 0.717) is 0 Å². The van der Waals surface area contributed by atoms with Crippen molar-refractivity contribution in [2.75, 3.05) is 6.54 Å². The summed E-state index contributed by atoms with van der Waals surface area (Å²) in [5, 5.41) is 12.4. The van der Waals surface area contributed by atoms with Crippen LogP contribution >= 0.6 is 11.6 Å². The highest BCUT2D eigenvalue weighted by Crippen LogP contribution is 2.20. The van der Waals surface area contributed by atoms with E-state index in [2.05, 4.69) is 10.0 Å². The Morgan fingerprint density at radius 3 is 2.90 bits per heavy atom.